The highest BCUT2D eigenvalue weighted by molar-refractivity contribution is 5.11. The molecule has 11 heavy (non-hydrogen) atoms. The van der Waals surface area contributed by atoms with Crippen molar-refractivity contribution < 1.29 is 1.43 Å². The number of benzene rings is 1. The Morgan fingerprint density at radius 3 is 1.45 bits per heavy atom. The lowest BCUT2D eigenvalue weighted by molar-refractivity contribution is 1.48. The van der Waals surface area contributed by atoms with Crippen LogP contribution in [0.3, 0.4) is 0 Å². The Bertz CT molecular complexity index is 142. The summed E-state index contributed by atoms with van der Waals surface area (Å²) in [5.41, 5.74) is 1.32. The quantitative estimate of drug-likeness (QED) is 0.605. The van der Waals surface area contributed by atoms with Crippen molar-refractivity contribution in [3.8, 4) is 0 Å². The maximum Gasteiger partial charge on any atom is 0 e. The third kappa shape index (κ3) is 9.14. The van der Waals surface area contributed by atoms with Crippen molar-refractivity contribution in [2.45, 2.75) is 21.8 Å². The van der Waals surface area contributed by atoms with Gasteiger partial charge in [-0.25, -0.2) is 0 Å². The predicted molar refractivity (Wildman–Crippen MR) is 56.8 cm³/mol. The molecule has 0 spiro atoms. The molecular weight excluding hydrogens is 136 g/mol. The summed E-state index contributed by atoms with van der Waals surface area (Å²) in [6.07, 6.45) is 0. The number of hydrogen-bond acceptors (Lipinski definition) is 2. The van der Waals surface area contributed by atoms with Crippen LogP contribution in [0.2, 0.25) is 0 Å². The van der Waals surface area contributed by atoms with E-state index in [0.29, 0.717) is 0 Å². The summed E-state index contributed by atoms with van der Waals surface area (Å²) in [5, 5.41) is 0. The van der Waals surface area contributed by atoms with Gasteiger partial charge >= 0.3 is 0 Å². The van der Waals surface area contributed by atoms with Crippen molar-refractivity contribution in [3.05, 3.63) is 35.9 Å². The van der Waals surface area contributed by atoms with Gasteiger partial charge in [-0.2, -0.15) is 0 Å². The van der Waals surface area contributed by atoms with E-state index in [1.165, 1.54) is 5.56 Å². The lowest BCUT2D eigenvalue weighted by Crippen LogP contribution is -1.62. The van der Waals surface area contributed by atoms with E-state index in [-0.39, 0.29) is 28.6 Å². The molecule has 0 aliphatic rings. The maximum absolute atomic E-state index is 2.08. The van der Waals surface area contributed by atoms with E-state index < -0.39 is 0 Å². The Morgan fingerprint density at radius 1 is 0.909 bits per heavy atom. The van der Waals surface area contributed by atoms with Crippen LogP contribution in [0.15, 0.2) is 30.3 Å². The van der Waals surface area contributed by atoms with Gasteiger partial charge in [0.1, 0.15) is 0 Å². The molecule has 0 aliphatic carbocycles. The van der Waals surface area contributed by atoms with Gasteiger partial charge in [-0.3, -0.25) is 0 Å². The first-order valence-corrected chi connectivity index (χ1v) is 2.41. The summed E-state index contributed by atoms with van der Waals surface area (Å²) < 4.78 is 0. The third-order valence-corrected chi connectivity index (χ3v) is 0.940. The molecule has 0 heterocycles. The molecule has 0 bridgehead atoms. The Kier molecular flexibility index (Phi) is 24.3. The van der Waals surface area contributed by atoms with E-state index in [1.807, 2.05) is 18.2 Å². The molecule has 1 rings (SSSR count). The second-order valence-corrected chi connectivity index (χ2v) is 1.65. The number of rotatable bonds is 0. The van der Waals surface area contributed by atoms with Crippen molar-refractivity contribution in [1.82, 2.24) is 12.3 Å². The molecule has 0 saturated carbocycles. The van der Waals surface area contributed by atoms with Crippen LogP contribution in [-0.2, 0) is 0 Å². The Balaban J connectivity index is -0.0000000327. The second-order valence-electron chi connectivity index (χ2n) is 1.65. The zero-order valence-electron chi connectivity index (χ0n) is 5.80. The minimum Gasteiger partial charge on any atom is -0.344 e. The van der Waals surface area contributed by atoms with E-state index in [4.69, 9.17) is 0 Å². The molecule has 70 valence electrons. The van der Waals surface area contributed by atoms with Crippen LogP contribution < -0.4 is 12.3 Å². The van der Waals surface area contributed by atoms with Crippen molar-refractivity contribution >= 4 is 0 Å². The van der Waals surface area contributed by atoms with Gasteiger partial charge in [0.15, 0.2) is 0 Å². The minimum atomic E-state index is 0. The SMILES string of the molecule is C.C.Cc1ccccc1.N.N.[HH]. The van der Waals surface area contributed by atoms with E-state index in [2.05, 4.69) is 19.1 Å². The average molecular weight is 160 g/mol. The van der Waals surface area contributed by atoms with E-state index in [9.17, 15) is 0 Å². The van der Waals surface area contributed by atoms with E-state index >= 15 is 0 Å². The van der Waals surface area contributed by atoms with E-state index in [0.717, 1.165) is 0 Å². The first-order valence-electron chi connectivity index (χ1n) is 2.41. The normalized spacial score (nSPS) is 5.55. The van der Waals surface area contributed by atoms with Gasteiger partial charge in [0.25, 0.3) is 0 Å². The molecule has 2 heteroatoms. The summed E-state index contributed by atoms with van der Waals surface area (Å²) in [7, 11) is 0. The number of aryl methyl sites for hydroxylation is 1. The molecule has 0 unspecified atom stereocenters. The van der Waals surface area contributed by atoms with Crippen LogP contribution in [0.1, 0.15) is 21.8 Å². The summed E-state index contributed by atoms with van der Waals surface area (Å²) in [4.78, 5) is 0. The number of hydrogen-bond donors (Lipinski definition) is 2. The smallest absolute Gasteiger partial charge is 0 e. The summed E-state index contributed by atoms with van der Waals surface area (Å²) in [6, 6.07) is 10.3. The Morgan fingerprint density at radius 2 is 1.27 bits per heavy atom. The molecule has 0 fully saturated rings. The minimum absolute atomic E-state index is 0. The highest BCUT2D eigenvalue weighted by atomic mass is 14.0. The molecule has 0 aliphatic heterocycles. The van der Waals surface area contributed by atoms with Gasteiger partial charge in [-0.1, -0.05) is 50.7 Å². The highest BCUT2D eigenvalue weighted by Crippen LogP contribution is 1.92. The fourth-order valence-electron chi connectivity index (χ4n) is 0.534. The summed E-state index contributed by atoms with van der Waals surface area (Å²) in [5.74, 6) is 0. The molecule has 1 aromatic carbocycles. The molecule has 1 aromatic rings. The van der Waals surface area contributed by atoms with Crippen molar-refractivity contribution in [2.75, 3.05) is 0 Å². The van der Waals surface area contributed by atoms with Crippen molar-refractivity contribution in [2.24, 2.45) is 0 Å². The molecule has 0 atom stereocenters. The molecule has 6 N–H and O–H groups in total. The maximum atomic E-state index is 2.08. The lowest BCUT2D eigenvalue weighted by Gasteiger charge is -1.82. The monoisotopic (exact) mass is 160 g/mol. The second kappa shape index (κ2) is 11.9. The van der Waals surface area contributed by atoms with Crippen LogP contribution in [-0.4, -0.2) is 0 Å². The highest BCUT2D eigenvalue weighted by Gasteiger charge is 1.72. The zero-order valence-corrected chi connectivity index (χ0v) is 5.80. The molecule has 0 saturated heterocycles. The van der Waals surface area contributed by atoms with Crippen LogP contribution in [0.25, 0.3) is 0 Å². The predicted octanol–water partition coefficient (Wildman–Crippen LogP) is 3.84. The van der Waals surface area contributed by atoms with Crippen LogP contribution >= 0.6 is 0 Å². The van der Waals surface area contributed by atoms with Crippen LogP contribution in [0.4, 0.5) is 0 Å². The third-order valence-electron chi connectivity index (χ3n) is 0.940. The van der Waals surface area contributed by atoms with E-state index in [1.54, 1.807) is 0 Å². The standard InChI is InChI=1S/C7H8.2CH4.2H3N.H2/c1-7-5-3-2-4-6-7;;;;;/h2-6H,1H3;2*1H4;2*1H3;1H. The van der Waals surface area contributed by atoms with Gasteiger partial charge in [-0.05, 0) is 6.92 Å². The van der Waals surface area contributed by atoms with Crippen LogP contribution in [0, 0.1) is 6.92 Å². The molecular formula is C9H24N2. The van der Waals surface area contributed by atoms with Gasteiger partial charge in [0.05, 0.1) is 0 Å². The van der Waals surface area contributed by atoms with Gasteiger partial charge in [-0.15, -0.1) is 0 Å². The van der Waals surface area contributed by atoms with Gasteiger partial charge in [0, 0.05) is 1.43 Å². The summed E-state index contributed by atoms with van der Waals surface area (Å²) in [6.45, 7) is 2.08. The molecule has 0 aromatic heterocycles. The van der Waals surface area contributed by atoms with Crippen molar-refractivity contribution in [1.29, 1.82) is 0 Å². The topological polar surface area (TPSA) is 70.0 Å². The largest absolute Gasteiger partial charge is 0.344 e. The fraction of sp³-hybridized carbons (Fsp3) is 0.333. The van der Waals surface area contributed by atoms with Crippen LogP contribution in [0.5, 0.6) is 0 Å². The molecule has 0 amide bonds. The molecule has 2 nitrogen and oxygen atoms in total. The van der Waals surface area contributed by atoms with Crippen molar-refractivity contribution in [3.63, 3.8) is 0 Å². The Labute approximate surface area is 72.3 Å². The first-order chi connectivity index (χ1) is 3.39. The molecule has 0 radical (unpaired) electrons. The van der Waals surface area contributed by atoms with Gasteiger partial charge < -0.3 is 12.3 Å². The lowest BCUT2D eigenvalue weighted by atomic mass is 10.2. The average Bonchev–Trinajstić information content (AvgIpc) is 1.69. The fourth-order valence-corrected chi connectivity index (χ4v) is 0.534. The zero-order chi connectivity index (χ0) is 5.11. The first kappa shape index (κ1) is 22.5. The Hall–Kier alpha value is -0.860. The summed E-state index contributed by atoms with van der Waals surface area (Å²) >= 11 is 0. The van der Waals surface area contributed by atoms with Gasteiger partial charge in [0.2, 0.25) is 0 Å².